The molecule has 0 spiro atoms. The standard InChI is InChI=1S/C28H28N2O5/c1-3-18-34-23-16-12-20(13-17-23)29-27(31)24-25(19-10-14-22(15-11-19)33-4-2)30(35-26(24)28(29)32)21-8-6-5-7-9-21/h5-17,24-26H,3-4,18H2,1-2H3/t24-,25-,26-/m0/s1. The van der Waals surface area contributed by atoms with Crippen LogP contribution in [0.3, 0.4) is 0 Å². The van der Waals surface area contributed by atoms with Crippen LogP contribution in [0.15, 0.2) is 78.9 Å². The molecule has 2 saturated heterocycles. The van der Waals surface area contributed by atoms with E-state index in [0.717, 1.165) is 23.4 Å². The molecule has 35 heavy (non-hydrogen) atoms. The summed E-state index contributed by atoms with van der Waals surface area (Å²) in [6.07, 6.45) is -0.00793. The van der Waals surface area contributed by atoms with Crippen LogP contribution < -0.4 is 19.4 Å². The van der Waals surface area contributed by atoms with E-state index < -0.39 is 18.1 Å². The lowest BCUT2D eigenvalue weighted by Gasteiger charge is -2.29. The van der Waals surface area contributed by atoms with Gasteiger partial charge in [0.15, 0.2) is 6.10 Å². The van der Waals surface area contributed by atoms with Crippen LogP contribution in [0.4, 0.5) is 11.4 Å². The van der Waals surface area contributed by atoms with E-state index in [1.165, 1.54) is 4.90 Å². The molecule has 0 unspecified atom stereocenters. The summed E-state index contributed by atoms with van der Waals surface area (Å²) < 4.78 is 11.2. The Labute approximate surface area is 204 Å². The highest BCUT2D eigenvalue weighted by Crippen LogP contribution is 2.47. The van der Waals surface area contributed by atoms with Gasteiger partial charge in [0.25, 0.3) is 5.91 Å². The molecule has 0 bridgehead atoms. The quantitative estimate of drug-likeness (QED) is 0.433. The Morgan fingerprint density at radius 2 is 1.43 bits per heavy atom. The lowest BCUT2D eigenvalue weighted by Crippen LogP contribution is -2.37. The molecule has 0 radical (unpaired) electrons. The van der Waals surface area contributed by atoms with E-state index >= 15 is 0 Å². The van der Waals surface area contributed by atoms with Crippen molar-refractivity contribution >= 4 is 23.2 Å². The minimum Gasteiger partial charge on any atom is -0.494 e. The van der Waals surface area contributed by atoms with Gasteiger partial charge in [-0.1, -0.05) is 37.3 Å². The molecule has 0 saturated carbocycles. The van der Waals surface area contributed by atoms with Crippen LogP contribution in [0, 0.1) is 5.92 Å². The summed E-state index contributed by atoms with van der Waals surface area (Å²) in [4.78, 5) is 34.6. The predicted octanol–water partition coefficient (Wildman–Crippen LogP) is 4.93. The molecule has 3 aromatic carbocycles. The van der Waals surface area contributed by atoms with Crippen molar-refractivity contribution in [3.05, 3.63) is 84.4 Å². The Hall–Kier alpha value is -3.84. The number of benzene rings is 3. The number of carbonyl (C=O) groups is 2. The highest BCUT2D eigenvalue weighted by molar-refractivity contribution is 6.23. The smallest absolute Gasteiger partial charge is 0.266 e. The summed E-state index contributed by atoms with van der Waals surface area (Å²) in [6, 6.07) is 23.7. The number of nitrogens with zero attached hydrogens (tertiary/aromatic N) is 2. The van der Waals surface area contributed by atoms with E-state index in [-0.39, 0.29) is 11.8 Å². The van der Waals surface area contributed by atoms with Crippen LogP contribution in [0.1, 0.15) is 31.9 Å². The molecule has 2 amide bonds. The third-order valence-corrected chi connectivity index (χ3v) is 6.23. The summed E-state index contributed by atoms with van der Waals surface area (Å²) >= 11 is 0. The number of rotatable bonds is 8. The first-order valence-corrected chi connectivity index (χ1v) is 12.0. The highest BCUT2D eigenvalue weighted by atomic mass is 16.7. The molecule has 3 atom stereocenters. The van der Waals surface area contributed by atoms with Crippen molar-refractivity contribution in [1.29, 1.82) is 0 Å². The lowest BCUT2D eigenvalue weighted by molar-refractivity contribution is -0.126. The molecule has 2 heterocycles. The zero-order valence-electron chi connectivity index (χ0n) is 19.8. The summed E-state index contributed by atoms with van der Waals surface area (Å²) in [7, 11) is 0. The van der Waals surface area contributed by atoms with Crippen molar-refractivity contribution in [1.82, 2.24) is 0 Å². The molecule has 5 rings (SSSR count). The topological polar surface area (TPSA) is 68.3 Å². The van der Waals surface area contributed by atoms with Gasteiger partial charge in [-0.25, -0.2) is 9.96 Å². The number of hydrogen-bond acceptors (Lipinski definition) is 6. The maximum atomic E-state index is 13.7. The fraction of sp³-hybridized carbons (Fsp3) is 0.286. The molecule has 0 aromatic heterocycles. The number of amides is 2. The van der Waals surface area contributed by atoms with Crippen molar-refractivity contribution in [2.75, 3.05) is 23.2 Å². The number of fused-ring (bicyclic) bond motifs is 1. The largest absolute Gasteiger partial charge is 0.494 e. The molecular formula is C28H28N2O5. The fourth-order valence-electron chi connectivity index (χ4n) is 4.65. The second-order valence-corrected chi connectivity index (χ2v) is 8.51. The summed E-state index contributed by atoms with van der Waals surface area (Å²) in [6.45, 7) is 5.14. The van der Waals surface area contributed by atoms with Gasteiger partial charge in [0.1, 0.15) is 17.4 Å². The second kappa shape index (κ2) is 9.80. The zero-order chi connectivity index (χ0) is 24.4. The molecular weight excluding hydrogens is 444 g/mol. The van der Waals surface area contributed by atoms with E-state index in [1.54, 1.807) is 29.3 Å². The summed E-state index contributed by atoms with van der Waals surface area (Å²) in [5.41, 5.74) is 2.17. The number of anilines is 2. The second-order valence-electron chi connectivity index (χ2n) is 8.51. The third-order valence-electron chi connectivity index (χ3n) is 6.23. The molecule has 2 aliphatic rings. The van der Waals surface area contributed by atoms with Gasteiger partial charge in [0, 0.05) is 0 Å². The number of hydroxylamine groups is 1. The van der Waals surface area contributed by atoms with Gasteiger partial charge in [0.2, 0.25) is 5.91 Å². The van der Waals surface area contributed by atoms with Crippen LogP contribution in [-0.2, 0) is 14.4 Å². The average Bonchev–Trinajstić information content (AvgIpc) is 3.40. The number of para-hydroxylation sites is 1. The van der Waals surface area contributed by atoms with E-state index in [4.69, 9.17) is 14.3 Å². The van der Waals surface area contributed by atoms with Crippen LogP contribution >= 0.6 is 0 Å². The third kappa shape index (κ3) is 4.23. The number of carbonyl (C=O) groups excluding carboxylic acids is 2. The van der Waals surface area contributed by atoms with Gasteiger partial charge >= 0.3 is 0 Å². The maximum absolute atomic E-state index is 13.7. The Kier molecular flexibility index (Phi) is 6.42. The van der Waals surface area contributed by atoms with Gasteiger partial charge in [-0.15, -0.1) is 0 Å². The highest BCUT2D eigenvalue weighted by Gasteiger charge is 2.60. The van der Waals surface area contributed by atoms with Gasteiger partial charge in [0.05, 0.1) is 30.6 Å². The van der Waals surface area contributed by atoms with Crippen molar-refractivity contribution in [2.45, 2.75) is 32.4 Å². The fourth-order valence-corrected chi connectivity index (χ4v) is 4.65. The van der Waals surface area contributed by atoms with Gasteiger partial charge in [-0.2, -0.15) is 0 Å². The maximum Gasteiger partial charge on any atom is 0.266 e. The molecule has 180 valence electrons. The van der Waals surface area contributed by atoms with Gasteiger partial charge < -0.3 is 9.47 Å². The van der Waals surface area contributed by atoms with E-state index in [0.29, 0.717) is 24.7 Å². The van der Waals surface area contributed by atoms with Gasteiger partial charge in [-0.3, -0.25) is 14.4 Å². The monoisotopic (exact) mass is 472 g/mol. The molecule has 3 aromatic rings. The number of hydrogen-bond donors (Lipinski definition) is 0. The molecule has 2 aliphatic heterocycles. The van der Waals surface area contributed by atoms with E-state index in [1.807, 2.05) is 68.4 Å². The minimum atomic E-state index is -0.907. The first kappa shape index (κ1) is 22.9. The first-order chi connectivity index (χ1) is 17.1. The molecule has 7 nitrogen and oxygen atoms in total. The van der Waals surface area contributed by atoms with E-state index in [2.05, 4.69) is 0 Å². The van der Waals surface area contributed by atoms with Gasteiger partial charge in [-0.05, 0) is 67.4 Å². The zero-order valence-corrected chi connectivity index (χ0v) is 19.8. The van der Waals surface area contributed by atoms with Crippen molar-refractivity contribution in [2.24, 2.45) is 5.92 Å². The van der Waals surface area contributed by atoms with Crippen LogP contribution in [0.5, 0.6) is 11.5 Å². The Balaban J connectivity index is 1.48. The lowest BCUT2D eigenvalue weighted by atomic mass is 9.90. The Morgan fingerprint density at radius 1 is 0.771 bits per heavy atom. The number of imide groups is 1. The average molecular weight is 473 g/mol. The van der Waals surface area contributed by atoms with Crippen LogP contribution in [-0.4, -0.2) is 31.1 Å². The summed E-state index contributed by atoms with van der Waals surface area (Å²) in [5, 5.41) is 1.69. The molecule has 7 heteroatoms. The Bertz CT molecular complexity index is 1180. The molecule has 0 aliphatic carbocycles. The van der Waals surface area contributed by atoms with Crippen molar-refractivity contribution in [3.8, 4) is 11.5 Å². The van der Waals surface area contributed by atoms with Crippen LogP contribution in [0.25, 0.3) is 0 Å². The SMILES string of the molecule is CCCOc1ccc(N2C(=O)[C@@H]3[C@H](ON(c4ccccc4)[C@H]3c3ccc(OCC)cc3)C2=O)cc1. The van der Waals surface area contributed by atoms with E-state index in [9.17, 15) is 9.59 Å². The minimum absolute atomic E-state index is 0.278. The first-order valence-electron chi connectivity index (χ1n) is 12.0. The van der Waals surface area contributed by atoms with Crippen molar-refractivity contribution < 1.29 is 23.9 Å². The Morgan fingerprint density at radius 3 is 2.09 bits per heavy atom. The normalized spacial score (nSPS) is 21.4. The molecule has 0 N–H and O–H groups in total. The molecule has 2 fully saturated rings. The van der Waals surface area contributed by atoms with Crippen molar-refractivity contribution in [3.63, 3.8) is 0 Å². The summed E-state index contributed by atoms with van der Waals surface area (Å²) in [5.74, 6) is 0.125. The van der Waals surface area contributed by atoms with Crippen LogP contribution in [0.2, 0.25) is 0 Å². The number of ether oxygens (including phenoxy) is 2. The predicted molar refractivity (Wildman–Crippen MR) is 132 cm³/mol.